The zero-order valence-electron chi connectivity index (χ0n) is 14.0. The van der Waals surface area contributed by atoms with E-state index in [0.717, 1.165) is 12.8 Å². The van der Waals surface area contributed by atoms with E-state index in [0.29, 0.717) is 6.61 Å². The molecule has 0 aromatic rings. The van der Waals surface area contributed by atoms with Gasteiger partial charge in [0.05, 0.1) is 18.4 Å². The Balaban J connectivity index is 4.09. The van der Waals surface area contributed by atoms with Crippen LogP contribution in [0.1, 0.15) is 61.3 Å². The largest absolute Gasteiger partial charge is 0.465 e. The quantitative estimate of drug-likeness (QED) is 0.505. The molecule has 0 aliphatic heterocycles. The van der Waals surface area contributed by atoms with Crippen LogP contribution in [0.3, 0.4) is 0 Å². The van der Waals surface area contributed by atoms with Gasteiger partial charge in [-0.1, -0.05) is 34.6 Å². The third kappa shape index (κ3) is 6.92. The molecular formula is C16H30O4. The monoisotopic (exact) mass is 286 g/mol. The van der Waals surface area contributed by atoms with Gasteiger partial charge in [-0.15, -0.1) is 0 Å². The predicted octanol–water partition coefficient (Wildman–Crippen LogP) is 3.58. The van der Waals surface area contributed by atoms with Crippen LogP contribution in [-0.4, -0.2) is 24.1 Å². The van der Waals surface area contributed by atoms with Gasteiger partial charge in [-0.25, -0.2) is 0 Å². The number of carbonyl (C=O) groups is 2. The van der Waals surface area contributed by atoms with E-state index in [1.165, 1.54) is 0 Å². The summed E-state index contributed by atoms with van der Waals surface area (Å²) in [4.78, 5) is 23.0. The maximum Gasteiger partial charge on any atom is 0.308 e. The second kappa shape index (κ2) is 8.28. The second-order valence-electron chi connectivity index (χ2n) is 6.54. The van der Waals surface area contributed by atoms with Crippen LogP contribution >= 0.6 is 0 Å². The van der Waals surface area contributed by atoms with Crippen LogP contribution in [0, 0.1) is 17.8 Å². The van der Waals surface area contributed by atoms with Gasteiger partial charge in [-0.05, 0) is 32.6 Å². The van der Waals surface area contributed by atoms with E-state index in [4.69, 9.17) is 9.47 Å². The van der Waals surface area contributed by atoms with Crippen LogP contribution in [0.4, 0.5) is 0 Å². The molecule has 0 aliphatic rings. The van der Waals surface area contributed by atoms with E-state index in [-0.39, 0.29) is 29.7 Å². The Kier molecular flexibility index (Phi) is 7.84. The predicted molar refractivity (Wildman–Crippen MR) is 79.2 cm³/mol. The highest BCUT2D eigenvalue weighted by Crippen LogP contribution is 2.26. The van der Waals surface area contributed by atoms with Gasteiger partial charge in [0.2, 0.25) is 0 Å². The van der Waals surface area contributed by atoms with Gasteiger partial charge < -0.3 is 9.47 Å². The molecule has 0 aromatic carbocycles. The molecule has 4 nitrogen and oxygen atoms in total. The molecule has 1 unspecified atom stereocenters. The summed E-state index contributed by atoms with van der Waals surface area (Å²) in [7, 11) is 0. The average molecular weight is 286 g/mol. The van der Waals surface area contributed by atoms with Crippen LogP contribution in [-0.2, 0) is 19.1 Å². The van der Waals surface area contributed by atoms with Crippen LogP contribution in [0.2, 0.25) is 0 Å². The smallest absolute Gasteiger partial charge is 0.308 e. The van der Waals surface area contributed by atoms with Gasteiger partial charge in [0.1, 0.15) is 5.60 Å². The van der Waals surface area contributed by atoms with Crippen molar-refractivity contribution >= 4 is 11.9 Å². The van der Waals surface area contributed by atoms with Gasteiger partial charge in [0, 0.05) is 0 Å². The normalized spacial score (nSPS) is 13.4. The molecule has 0 rings (SSSR count). The van der Waals surface area contributed by atoms with Gasteiger partial charge in [0.15, 0.2) is 0 Å². The molecule has 0 fully saturated rings. The topological polar surface area (TPSA) is 52.6 Å². The summed E-state index contributed by atoms with van der Waals surface area (Å²) in [6.07, 6.45) is 1.63. The number of rotatable bonds is 8. The fraction of sp³-hybridized carbons (Fsp3) is 0.875. The zero-order valence-corrected chi connectivity index (χ0v) is 14.0. The Bertz CT molecular complexity index is 318. The van der Waals surface area contributed by atoms with Gasteiger partial charge >= 0.3 is 11.9 Å². The summed E-state index contributed by atoms with van der Waals surface area (Å²) >= 11 is 0. The summed E-state index contributed by atoms with van der Waals surface area (Å²) < 4.78 is 10.7. The van der Waals surface area contributed by atoms with E-state index >= 15 is 0 Å². The van der Waals surface area contributed by atoms with Crippen LogP contribution in [0.5, 0.6) is 0 Å². The lowest BCUT2D eigenvalue weighted by Crippen LogP contribution is -2.36. The molecule has 0 amide bonds. The molecule has 118 valence electrons. The summed E-state index contributed by atoms with van der Waals surface area (Å²) in [5, 5.41) is 0. The third-order valence-corrected chi connectivity index (χ3v) is 3.52. The van der Waals surface area contributed by atoms with Crippen molar-refractivity contribution in [2.75, 3.05) is 6.61 Å². The summed E-state index contributed by atoms with van der Waals surface area (Å²) in [6.45, 7) is 13.6. The fourth-order valence-corrected chi connectivity index (χ4v) is 1.55. The highest BCUT2D eigenvalue weighted by molar-refractivity contribution is 5.72. The van der Waals surface area contributed by atoms with Gasteiger partial charge in [0.25, 0.3) is 0 Å². The lowest BCUT2D eigenvalue weighted by atomic mass is 9.88. The number of esters is 2. The van der Waals surface area contributed by atoms with E-state index in [1.807, 2.05) is 41.5 Å². The Labute approximate surface area is 123 Å². The number of hydrogen-bond donors (Lipinski definition) is 0. The van der Waals surface area contributed by atoms with E-state index in [9.17, 15) is 9.59 Å². The zero-order chi connectivity index (χ0) is 15.9. The minimum Gasteiger partial charge on any atom is -0.465 e. The number of ether oxygens (including phenoxy) is 2. The number of hydrogen-bond acceptors (Lipinski definition) is 4. The molecule has 0 bridgehead atoms. The molecule has 0 N–H and O–H groups in total. The highest BCUT2D eigenvalue weighted by Gasteiger charge is 2.30. The summed E-state index contributed by atoms with van der Waals surface area (Å²) in [5.41, 5.74) is -0.497. The summed E-state index contributed by atoms with van der Waals surface area (Å²) in [6, 6.07) is 0. The SMILES string of the molecule is CC(C)C(=O)OCCCC(C)C(C)(C)OC(=O)C(C)C. The average Bonchev–Trinajstić information content (AvgIpc) is 2.32. The maximum atomic E-state index is 11.7. The molecule has 0 spiro atoms. The maximum absolute atomic E-state index is 11.7. The molecule has 0 aromatic heterocycles. The third-order valence-electron chi connectivity index (χ3n) is 3.52. The van der Waals surface area contributed by atoms with Crippen LogP contribution in [0.25, 0.3) is 0 Å². The molecule has 0 saturated carbocycles. The Morgan fingerprint density at radius 1 is 0.950 bits per heavy atom. The lowest BCUT2D eigenvalue weighted by molar-refractivity contribution is -0.165. The first-order valence-corrected chi connectivity index (χ1v) is 7.47. The van der Waals surface area contributed by atoms with Crippen molar-refractivity contribution in [2.24, 2.45) is 17.8 Å². The van der Waals surface area contributed by atoms with Crippen molar-refractivity contribution in [1.82, 2.24) is 0 Å². The standard InChI is InChI=1S/C16H30O4/c1-11(2)14(17)19-10-8-9-13(5)16(6,7)20-15(18)12(3)4/h11-13H,8-10H2,1-7H3. The Morgan fingerprint density at radius 3 is 1.90 bits per heavy atom. The van der Waals surface area contributed by atoms with E-state index in [2.05, 4.69) is 6.92 Å². The number of carbonyl (C=O) groups excluding carboxylic acids is 2. The first-order chi connectivity index (χ1) is 9.08. The first-order valence-electron chi connectivity index (χ1n) is 7.47. The molecule has 20 heavy (non-hydrogen) atoms. The summed E-state index contributed by atoms with van der Waals surface area (Å²) in [5.74, 6) is -0.330. The van der Waals surface area contributed by atoms with Crippen LogP contribution < -0.4 is 0 Å². The second-order valence-corrected chi connectivity index (χ2v) is 6.54. The van der Waals surface area contributed by atoms with Gasteiger partial charge in [-0.3, -0.25) is 9.59 Å². The van der Waals surface area contributed by atoms with Crippen molar-refractivity contribution in [3.8, 4) is 0 Å². The van der Waals surface area contributed by atoms with Crippen molar-refractivity contribution in [3.05, 3.63) is 0 Å². The molecule has 0 saturated heterocycles. The lowest BCUT2D eigenvalue weighted by Gasteiger charge is -2.32. The minimum absolute atomic E-state index is 0.0872. The van der Waals surface area contributed by atoms with E-state index < -0.39 is 5.60 Å². The molecule has 1 atom stereocenters. The Morgan fingerprint density at radius 2 is 1.45 bits per heavy atom. The highest BCUT2D eigenvalue weighted by atomic mass is 16.6. The van der Waals surface area contributed by atoms with Crippen molar-refractivity contribution in [3.63, 3.8) is 0 Å². The van der Waals surface area contributed by atoms with Crippen molar-refractivity contribution in [1.29, 1.82) is 0 Å². The molecule has 0 radical (unpaired) electrons. The van der Waals surface area contributed by atoms with Crippen molar-refractivity contribution in [2.45, 2.75) is 66.9 Å². The molecular weight excluding hydrogens is 256 g/mol. The van der Waals surface area contributed by atoms with Gasteiger partial charge in [-0.2, -0.15) is 0 Å². The Hall–Kier alpha value is -1.06. The van der Waals surface area contributed by atoms with Crippen LogP contribution in [0.15, 0.2) is 0 Å². The first kappa shape index (κ1) is 18.9. The van der Waals surface area contributed by atoms with Crippen molar-refractivity contribution < 1.29 is 19.1 Å². The minimum atomic E-state index is -0.497. The molecule has 0 heterocycles. The van der Waals surface area contributed by atoms with E-state index in [1.54, 1.807) is 0 Å². The molecule has 4 heteroatoms. The molecule has 0 aliphatic carbocycles. The fourth-order valence-electron chi connectivity index (χ4n) is 1.55.